The molecule has 0 N–H and O–H groups in total. The van der Waals surface area contributed by atoms with E-state index in [9.17, 15) is 9.18 Å². The number of halogens is 2. The number of benzene rings is 1. The summed E-state index contributed by atoms with van der Waals surface area (Å²) in [7, 11) is 0. The second-order valence-electron chi connectivity index (χ2n) is 4.43. The Hall–Kier alpha value is -0.900. The summed E-state index contributed by atoms with van der Waals surface area (Å²) in [5.74, 6) is 0.472. The van der Waals surface area contributed by atoms with Crippen LogP contribution >= 0.6 is 15.9 Å². The van der Waals surface area contributed by atoms with Gasteiger partial charge >= 0.3 is 0 Å². The molecular weight excluding hydrogens is 285 g/mol. The summed E-state index contributed by atoms with van der Waals surface area (Å²) in [5, 5.41) is 0. The van der Waals surface area contributed by atoms with Crippen molar-refractivity contribution in [2.75, 3.05) is 19.8 Å². The van der Waals surface area contributed by atoms with Crippen molar-refractivity contribution in [3.63, 3.8) is 0 Å². The molecule has 0 aliphatic carbocycles. The summed E-state index contributed by atoms with van der Waals surface area (Å²) >= 11 is 3.40. The van der Waals surface area contributed by atoms with Gasteiger partial charge in [0.25, 0.3) is 0 Å². The quantitative estimate of drug-likeness (QED) is 0.837. The molecule has 0 atom stereocenters. The van der Waals surface area contributed by atoms with Crippen LogP contribution in [0.25, 0.3) is 0 Å². The van der Waals surface area contributed by atoms with E-state index in [1.54, 1.807) is 4.90 Å². The summed E-state index contributed by atoms with van der Waals surface area (Å²) < 4.78 is 13.1. The van der Waals surface area contributed by atoms with Crippen LogP contribution in [0.5, 0.6) is 0 Å². The minimum atomic E-state index is -0.549. The number of amides is 1. The van der Waals surface area contributed by atoms with Gasteiger partial charge in [0.05, 0.1) is 13.1 Å². The summed E-state index contributed by atoms with van der Waals surface area (Å²) in [6.45, 7) is 0.997. The maximum Gasteiger partial charge on any atom is 0.225 e. The second kappa shape index (κ2) is 5.63. The van der Waals surface area contributed by atoms with Gasteiger partial charge in [0.1, 0.15) is 0 Å². The predicted octanol–water partition coefficient (Wildman–Crippen LogP) is 2.81. The van der Waals surface area contributed by atoms with Crippen molar-refractivity contribution in [3.8, 4) is 0 Å². The Morgan fingerprint density at radius 1 is 1.35 bits per heavy atom. The van der Waals surface area contributed by atoms with Crippen LogP contribution in [-0.4, -0.2) is 30.6 Å². The van der Waals surface area contributed by atoms with Crippen molar-refractivity contribution in [1.82, 2.24) is 4.90 Å². The highest BCUT2D eigenvalue weighted by Gasteiger charge is 2.29. The van der Waals surface area contributed by atoms with Crippen LogP contribution < -0.4 is 0 Å². The van der Waals surface area contributed by atoms with E-state index in [2.05, 4.69) is 28.1 Å². The molecule has 0 radical (unpaired) electrons. The topological polar surface area (TPSA) is 20.3 Å². The van der Waals surface area contributed by atoms with Gasteiger partial charge in [-0.2, -0.15) is 0 Å². The zero-order valence-electron chi connectivity index (χ0n) is 9.53. The predicted molar refractivity (Wildman–Crippen MR) is 68.5 cm³/mol. The number of nitrogens with zero attached hydrogens (tertiary/aromatic N) is 1. The van der Waals surface area contributed by atoms with Crippen molar-refractivity contribution < 1.29 is 9.18 Å². The van der Waals surface area contributed by atoms with Gasteiger partial charge in [0.2, 0.25) is 5.91 Å². The van der Waals surface area contributed by atoms with Gasteiger partial charge in [0, 0.05) is 17.6 Å². The third kappa shape index (κ3) is 3.28. The first kappa shape index (κ1) is 12.6. The van der Waals surface area contributed by atoms with E-state index in [-0.39, 0.29) is 12.3 Å². The SMILES string of the molecule is O=C(CCF)N1CC(Cc2ccc(Br)cc2)C1. The Morgan fingerprint density at radius 2 is 2.00 bits per heavy atom. The van der Waals surface area contributed by atoms with E-state index in [1.807, 2.05) is 12.1 Å². The molecule has 0 aromatic heterocycles. The maximum atomic E-state index is 12.0. The first-order valence-electron chi connectivity index (χ1n) is 5.77. The molecule has 2 rings (SSSR count). The Balaban J connectivity index is 1.77. The van der Waals surface area contributed by atoms with E-state index in [0.717, 1.165) is 24.0 Å². The van der Waals surface area contributed by atoms with Crippen molar-refractivity contribution in [2.45, 2.75) is 12.8 Å². The minimum Gasteiger partial charge on any atom is -0.342 e. The molecule has 1 fully saturated rings. The summed E-state index contributed by atoms with van der Waals surface area (Å²) in [5.41, 5.74) is 1.29. The summed E-state index contributed by atoms with van der Waals surface area (Å²) in [6, 6.07) is 8.24. The molecule has 1 saturated heterocycles. The molecule has 0 unspecified atom stereocenters. The lowest BCUT2D eigenvalue weighted by molar-refractivity contribution is -0.137. The Kier molecular flexibility index (Phi) is 4.15. The molecule has 1 aromatic rings. The Bertz CT molecular complexity index is 387. The third-order valence-corrected chi connectivity index (χ3v) is 3.58. The van der Waals surface area contributed by atoms with Gasteiger partial charge in [0.15, 0.2) is 0 Å². The monoisotopic (exact) mass is 299 g/mol. The van der Waals surface area contributed by atoms with Crippen molar-refractivity contribution >= 4 is 21.8 Å². The summed E-state index contributed by atoms with van der Waals surface area (Å²) in [6.07, 6.45) is 1.03. The second-order valence-corrected chi connectivity index (χ2v) is 5.35. The van der Waals surface area contributed by atoms with Crippen LogP contribution in [0.3, 0.4) is 0 Å². The minimum absolute atomic E-state index is 0.0327. The molecule has 1 aromatic carbocycles. The van der Waals surface area contributed by atoms with Crippen LogP contribution in [0.2, 0.25) is 0 Å². The number of hydrogen-bond donors (Lipinski definition) is 0. The lowest BCUT2D eigenvalue weighted by atomic mass is 9.92. The van der Waals surface area contributed by atoms with Gasteiger partial charge in [-0.05, 0) is 30.0 Å². The number of alkyl halides is 1. The van der Waals surface area contributed by atoms with Gasteiger partial charge in [-0.15, -0.1) is 0 Å². The molecule has 1 aliphatic rings. The van der Waals surface area contributed by atoms with Crippen LogP contribution in [0.1, 0.15) is 12.0 Å². The fraction of sp³-hybridized carbons (Fsp3) is 0.462. The van der Waals surface area contributed by atoms with E-state index >= 15 is 0 Å². The molecule has 1 aliphatic heterocycles. The molecule has 0 bridgehead atoms. The first-order chi connectivity index (χ1) is 8.19. The molecule has 0 saturated carbocycles. The van der Waals surface area contributed by atoms with Crippen LogP contribution in [0.15, 0.2) is 28.7 Å². The fourth-order valence-corrected chi connectivity index (χ4v) is 2.36. The molecule has 92 valence electrons. The lowest BCUT2D eigenvalue weighted by Crippen LogP contribution is -2.50. The Labute approximate surface area is 109 Å². The highest BCUT2D eigenvalue weighted by molar-refractivity contribution is 9.10. The number of rotatable bonds is 4. The van der Waals surface area contributed by atoms with Gasteiger partial charge in [-0.25, -0.2) is 0 Å². The highest BCUT2D eigenvalue weighted by Crippen LogP contribution is 2.22. The maximum absolute atomic E-state index is 12.0. The fourth-order valence-electron chi connectivity index (χ4n) is 2.10. The number of carbonyl (C=O) groups is 1. The van der Waals surface area contributed by atoms with Gasteiger partial charge in [-0.3, -0.25) is 9.18 Å². The Morgan fingerprint density at radius 3 is 2.59 bits per heavy atom. The zero-order chi connectivity index (χ0) is 12.3. The van der Waals surface area contributed by atoms with Crippen molar-refractivity contribution in [2.24, 2.45) is 5.92 Å². The standard InChI is InChI=1S/C13H15BrFNO/c14-12-3-1-10(2-4-12)7-11-8-16(9-11)13(17)5-6-15/h1-4,11H,5-9H2. The van der Waals surface area contributed by atoms with Crippen LogP contribution in [-0.2, 0) is 11.2 Å². The number of hydrogen-bond acceptors (Lipinski definition) is 1. The van der Waals surface area contributed by atoms with E-state index in [4.69, 9.17) is 0 Å². The molecule has 1 amide bonds. The van der Waals surface area contributed by atoms with E-state index < -0.39 is 6.67 Å². The molecular formula is C13H15BrFNO. The highest BCUT2D eigenvalue weighted by atomic mass is 79.9. The number of carbonyl (C=O) groups excluding carboxylic acids is 1. The third-order valence-electron chi connectivity index (χ3n) is 3.06. The summed E-state index contributed by atoms with van der Waals surface area (Å²) in [4.78, 5) is 13.1. The number of likely N-dealkylation sites (tertiary alicyclic amines) is 1. The van der Waals surface area contributed by atoms with Crippen molar-refractivity contribution in [1.29, 1.82) is 0 Å². The first-order valence-corrected chi connectivity index (χ1v) is 6.56. The lowest BCUT2D eigenvalue weighted by Gasteiger charge is -2.39. The smallest absolute Gasteiger partial charge is 0.225 e. The zero-order valence-corrected chi connectivity index (χ0v) is 11.1. The molecule has 1 heterocycles. The molecule has 17 heavy (non-hydrogen) atoms. The van der Waals surface area contributed by atoms with E-state index in [0.29, 0.717) is 5.92 Å². The molecule has 2 nitrogen and oxygen atoms in total. The molecule has 4 heteroatoms. The van der Waals surface area contributed by atoms with E-state index in [1.165, 1.54) is 5.56 Å². The van der Waals surface area contributed by atoms with Crippen LogP contribution in [0.4, 0.5) is 4.39 Å². The van der Waals surface area contributed by atoms with Gasteiger partial charge in [-0.1, -0.05) is 28.1 Å². The van der Waals surface area contributed by atoms with Gasteiger partial charge < -0.3 is 4.90 Å². The normalized spacial score (nSPS) is 15.8. The van der Waals surface area contributed by atoms with Crippen molar-refractivity contribution in [3.05, 3.63) is 34.3 Å². The molecule has 0 spiro atoms. The largest absolute Gasteiger partial charge is 0.342 e. The average molecular weight is 300 g/mol. The average Bonchev–Trinajstić information content (AvgIpc) is 2.25. The van der Waals surface area contributed by atoms with Crippen LogP contribution in [0, 0.1) is 5.92 Å².